The third-order valence-electron chi connectivity index (χ3n) is 5.41. The standard InChI is InChI=1S/C22H26N4O/c23-22-19(14-20(24-25-22)18-8-4-5-9-21(18)27)17-10-12-26(13-11-17)15-16-6-2-1-3-7-16/h1-9,14,17,24-25,27H,10-13,15,23H2. The van der Waals surface area contributed by atoms with Crippen LogP contribution < -0.4 is 16.6 Å². The van der Waals surface area contributed by atoms with Gasteiger partial charge in [-0.2, -0.15) is 0 Å². The van der Waals surface area contributed by atoms with Gasteiger partial charge in [-0.05, 0) is 61.2 Å². The first-order valence-corrected chi connectivity index (χ1v) is 9.49. The van der Waals surface area contributed by atoms with Gasteiger partial charge in [0, 0.05) is 12.1 Å². The molecule has 0 aromatic heterocycles. The van der Waals surface area contributed by atoms with Crippen LogP contribution in [0.25, 0.3) is 5.70 Å². The molecule has 2 aliphatic heterocycles. The number of hydrogen-bond acceptors (Lipinski definition) is 5. The molecule has 0 bridgehead atoms. The molecule has 2 heterocycles. The largest absolute Gasteiger partial charge is 0.507 e. The van der Waals surface area contributed by atoms with Crippen molar-refractivity contribution < 1.29 is 5.11 Å². The molecule has 2 aromatic carbocycles. The Hall–Kier alpha value is -2.92. The number of piperidine rings is 1. The number of allylic oxidation sites excluding steroid dienone is 2. The van der Waals surface area contributed by atoms with Crippen molar-refractivity contribution in [3.05, 3.63) is 83.2 Å². The molecule has 0 amide bonds. The van der Waals surface area contributed by atoms with E-state index in [2.05, 4.69) is 52.2 Å². The van der Waals surface area contributed by atoms with E-state index >= 15 is 0 Å². The van der Waals surface area contributed by atoms with E-state index in [4.69, 9.17) is 5.73 Å². The molecule has 0 spiro atoms. The van der Waals surface area contributed by atoms with Gasteiger partial charge in [0.05, 0.1) is 5.70 Å². The van der Waals surface area contributed by atoms with Crippen LogP contribution in [0.15, 0.2) is 72.1 Å². The lowest BCUT2D eigenvalue weighted by molar-refractivity contribution is 0.192. The Bertz CT molecular complexity index is 852. The second-order valence-electron chi connectivity index (χ2n) is 7.23. The van der Waals surface area contributed by atoms with Crippen LogP contribution in [0.4, 0.5) is 0 Å². The van der Waals surface area contributed by atoms with E-state index in [1.54, 1.807) is 6.07 Å². The van der Waals surface area contributed by atoms with Crippen LogP contribution in [0.5, 0.6) is 5.75 Å². The summed E-state index contributed by atoms with van der Waals surface area (Å²) >= 11 is 0. The maximum absolute atomic E-state index is 10.1. The lowest BCUT2D eigenvalue weighted by Gasteiger charge is -2.34. The number of rotatable bonds is 4. The van der Waals surface area contributed by atoms with E-state index in [9.17, 15) is 5.11 Å². The van der Waals surface area contributed by atoms with Gasteiger partial charge < -0.3 is 10.8 Å². The molecule has 4 rings (SSSR count). The zero-order chi connectivity index (χ0) is 18.6. The lowest BCUT2D eigenvalue weighted by atomic mass is 9.87. The van der Waals surface area contributed by atoms with Crippen molar-refractivity contribution in [2.24, 2.45) is 11.7 Å². The molecule has 0 aliphatic carbocycles. The van der Waals surface area contributed by atoms with Gasteiger partial charge in [0.15, 0.2) is 0 Å². The Labute approximate surface area is 160 Å². The summed E-state index contributed by atoms with van der Waals surface area (Å²) in [7, 11) is 0. The van der Waals surface area contributed by atoms with Crippen molar-refractivity contribution in [3.8, 4) is 5.75 Å². The smallest absolute Gasteiger partial charge is 0.124 e. The summed E-state index contributed by atoms with van der Waals surface area (Å²) in [4.78, 5) is 2.50. The van der Waals surface area contributed by atoms with E-state index in [1.807, 2.05) is 18.2 Å². The first-order valence-electron chi connectivity index (χ1n) is 9.49. The Balaban J connectivity index is 1.45. The van der Waals surface area contributed by atoms with Gasteiger partial charge in [-0.15, -0.1) is 0 Å². The van der Waals surface area contributed by atoms with Gasteiger partial charge in [-0.25, -0.2) is 0 Å². The predicted octanol–water partition coefficient (Wildman–Crippen LogP) is 2.92. The predicted molar refractivity (Wildman–Crippen MR) is 108 cm³/mol. The van der Waals surface area contributed by atoms with Crippen molar-refractivity contribution in [2.45, 2.75) is 19.4 Å². The van der Waals surface area contributed by atoms with Gasteiger partial charge in [0.2, 0.25) is 0 Å². The van der Waals surface area contributed by atoms with E-state index in [-0.39, 0.29) is 5.75 Å². The first kappa shape index (κ1) is 17.5. The number of phenolic OH excluding ortho intramolecular Hbond substituents is 1. The molecule has 5 nitrogen and oxygen atoms in total. The Morgan fingerprint density at radius 1 is 0.963 bits per heavy atom. The van der Waals surface area contributed by atoms with E-state index in [1.165, 1.54) is 5.56 Å². The molecular weight excluding hydrogens is 336 g/mol. The second-order valence-corrected chi connectivity index (χ2v) is 7.23. The highest BCUT2D eigenvalue weighted by Gasteiger charge is 2.25. The molecule has 140 valence electrons. The number of hydrazine groups is 1. The van der Waals surface area contributed by atoms with Crippen LogP contribution in [0.3, 0.4) is 0 Å². The topological polar surface area (TPSA) is 73.5 Å². The summed E-state index contributed by atoms with van der Waals surface area (Å²) in [5.41, 5.74) is 16.5. The SMILES string of the molecule is NC1=C(C2CCN(Cc3ccccc3)CC2)C=C(c2ccccc2O)NN1. The molecule has 2 aromatic rings. The highest BCUT2D eigenvalue weighted by atomic mass is 16.3. The normalized spacial score (nSPS) is 18.6. The minimum absolute atomic E-state index is 0.260. The number of phenols is 1. The number of benzene rings is 2. The summed E-state index contributed by atoms with van der Waals surface area (Å²) in [6.45, 7) is 3.12. The van der Waals surface area contributed by atoms with Crippen molar-refractivity contribution >= 4 is 5.70 Å². The van der Waals surface area contributed by atoms with Crippen LogP contribution in [-0.4, -0.2) is 23.1 Å². The number of nitrogens with one attached hydrogen (secondary N) is 2. The van der Waals surface area contributed by atoms with Crippen molar-refractivity contribution in [3.63, 3.8) is 0 Å². The van der Waals surface area contributed by atoms with Gasteiger partial charge in [-0.1, -0.05) is 42.5 Å². The fraction of sp³-hybridized carbons (Fsp3) is 0.273. The third-order valence-corrected chi connectivity index (χ3v) is 5.41. The zero-order valence-corrected chi connectivity index (χ0v) is 15.4. The molecule has 1 fully saturated rings. The summed E-state index contributed by atoms with van der Waals surface area (Å²) < 4.78 is 0. The van der Waals surface area contributed by atoms with Crippen LogP contribution in [0, 0.1) is 5.92 Å². The van der Waals surface area contributed by atoms with Gasteiger partial charge in [0.25, 0.3) is 0 Å². The average Bonchev–Trinajstić information content (AvgIpc) is 2.70. The minimum Gasteiger partial charge on any atom is -0.507 e. The number of nitrogens with zero attached hydrogens (tertiary/aromatic N) is 1. The fourth-order valence-electron chi connectivity index (χ4n) is 3.90. The maximum atomic E-state index is 10.1. The van der Waals surface area contributed by atoms with Gasteiger partial charge in [-0.3, -0.25) is 15.8 Å². The molecule has 0 atom stereocenters. The monoisotopic (exact) mass is 362 g/mol. The first-order chi connectivity index (χ1) is 13.2. The summed E-state index contributed by atoms with van der Waals surface area (Å²) in [6, 6.07) is 18.0. The molecule has 5 N–H and O–H groups in total. The highest BCUT2D eigenvalue weighted by molar-refractivity contribution is 5.72. The minimum atomic E-state index is 0.260. The van der Waals surface area contributed by atoms with Gasteiger partial charge >= 0.3 is 0 Å². The molecule has 1 saturated heterocycles. The van der Waals surface area contributed by atoms with Crippen LogP contribution in [0.1, 0.15) is 24.0 Å². The number of para-hydroxylation sites is 1. The van der Waals surface area contributed by atoms with Crippen LogP contribution >= 0.6 is 0 Å². The lowest BCUT2D eigenvalue weighted by Crippen LogP contribution is -2.40. The Morgan fingerprint density at radius 2 is 1.67 bits per heavy atom. The fourth-order valence-corrected chi connectivity index (χ4v) is 3.90. The highest BCUT2D eigenvalue weighted by Crippen LogP contribution is 2.32. The molecule has 5 heteroatoms. The van der Waals surface area contributed by atoms with E-state index in [0.717, 1.165) is 49.3 Å². The van der Waals surface area contributed by atoms with Crippen LogP contribution in [-0.2, 0) is 6.54 Å². The maximum Gasteiger partial charge on any atom is 0.124 e. The number of likely N-dealkylation sites (tertiary alicyclic amines) is 1. The molecular formula is C22H26N4O. The zero-order valence-electron chi connectivity index (χ0n) is 15.4. The molecule has 0 saturated carbocycles. The van der Waals surface area contributed by atoms with E-state index in [0.29, 0.717) is 11.7 Å². The third kappa shape index (κ3) is 3.93. The average molecular weight is 362 g/mol. The summed E-state index contributed by atoms with van der Waals surface area (Å²) in [6.07, 6.45) is 4.24. The number of aromatic hydroxyl groups is 1. The summed E-state index contributed by atoms with van der Waals surface area (Å²) in [5.74, 6) is 1.36. The Morgan fingerprint density at radius 3 is 2.41 bits per heavy atom. The van der Waals surface area contributed by atoms with Crippen LogP contribution in [0.2, 0.25) is 0 Å². The van der Waals surface area contributed by atoms with E-state index < -0.39 is 0 Å². The van der Waals surface area contributed by atoms with Crippen molar-refractivity contribution in [2.75, 3.05) is 13.1 Å². The molecule has 0 unspecified atom stereocenters. The van der Waals surface area contributed by atoms with Crippen molar-refractivity contribution in [1.82, 2.24) is 15.8 Å². The second kappa shape index (κ2) is 7.76. The van der Waals surface area contributed by atoms with Crippen molar-refractivity contribution in [1.29, 1.82) is 0 Å². The molecule has 2 aliphatic rings. The van der Waals surface area contributed by atoms with Gasteiger partial charge in [0.1, 0.15) is 11.6 Å². The quantitative estimate of drug-likeness (QED) is 0.673. The number of nitrogens with two attached hydrogens (primary N) is 1. The number of hydrogen-bond donors (Lipinski definition) is 4. The molecule has 0 radical (unpaired) electrons. The summed E-state index contributed by atoms with van der Waals surface area (Å²) in [5, 5.41) is 10.1. The Kier molecular flexibility index (Phi) is 5.03. The molecule has 27 heavy (non-hydrogen) atoms.